The Hall–Kier alpha value is -11.5. The van der Waals surface area contributed by atoms with Gasteiger partial charge in [-0.05, 0) is 338 Å². The van der Waals surface area contributed by atoms with E-state index in [-0.39, 0.29) is 27.7 Å². The average molecular weight is 2010 g/mol. The van der Waals surface area contributed by atoms with Crippen molar-refractivity contribution < 1.29 is 0 Å². The molecule has 0 unspecified atom stereocenters. The van der Waals surface area contributed by atoms with Crippen molar-refractivity contribution in [3.63, 3.8) is 0 Å². The fourth-order valence-corrected chi connectivity index (χ4v) is 17.3. The molecule has 0 saturated heterocycles. The van der Waals surface area contributed by atoms with Gasteiger partial charge in [-0.3, -0.25) is 24.9 Å². The quantitative estimate of drug-likeness (QED) is 0.0179. The molecule has 5 aromatic heterocycles. The first kappa shape index (κ1) is 110. The van der Waals surface area contributed by atoms with Crippen molar-refractivity contribution in [2.75, 3.05) is 111 Å². The summed E-state index contributed by atoms with van der Waals surface area (Å²) in [5, 5.41) is 45.0. The Morgan fingerprint density at radius 3 is 0.566 bits per heavy atom. The van der Waals surface area contributed by atoms with Gasteiger partial charge in [0.1, 0.15) is 0 Å². The van der Waals surface area contributed by atoms with E-state index in [9.17, 15) is 0 Å². The predicted molar refractivity (Wildman–Crippen MR) is 624 cm³/mol. The number of nitrogens with zero attached hydrogens (tertiary/aromatic N) is 6. The molecule has 143 heavy (non-hydrogen) atoms. The lowest BCUT2D eigenvalue weighted by Crippen LogP contribution is -2.36. The molecule has 0 radical (unpaired) electrons. The molecule has 0 aliphatic carbocycles. The minimum atomic E-state index is 0.129. The van der Waals surface area contributed by atoms with E-state index in [2.05, 4.69) is 400 Å². The Kier molecular flexibility index (Phi) is 39.6. The Morgan fingerprint density at radius 2 is 0.385 bits per heavy atom. The first-order valence-corrected chi connectivity index (χ1v) is 52.0. The van der Waals surface area contributed by atoms with E-state index in [1.54, 1.807) is 0 Å². The molecule has 5 heterocycles. The maximum absolute atomic E-state index is 6.23. The number of aromatic nitrogens is 5. The summed E-state index contributed by atoms with van der Waals surface area (Å²) in [6.45, 7) is 50.6. The van der Waals surface area contributed by atoms with Crippen LogP contribution in [0.2, 0.25) is 25.1 Å². The number of anilines is 6. The van der Waals surface area contributed by atoms with E-state index in [1.165, 1.54) is 55.8 Å². The van der Waals surface area contributed by atoms with Gasteiger partial charge < -0.3 is 58.1 Å². The summed E-state index contributed by atoms with van der Waals surface area (Å²) in [5.74, 6) is 0. The van der Waals surface area contributed by atoms with E-state index in [0.29, 0.717) is 25.1 Å². The molecule has 0 aliphatic heterocycles. The summed E-state index contributed by atoms with van der Waals surface area (Å²) < 4.78 is 0. The zero-order valence-corrected chi connectivity index (χ0v) is 91.4. The molecular weight excluding hydrogens is 1870 g/mol. The summed E-state index contributed by atoms with van der Waals surface area (Å²) >= 11 is 30.9. The van der Waals surface area contributed by atoms with Gasteiger partial charge in [0.05, 0.1) is 56.0 Å². The van der Waals surface area contributed by atoms with E-state index < -0.39 is 0 Å². The van der Waals surface area contributed by atoms with Crippen LogP contribution in [0.25, 0.3) is 121 Å². The van der Waals surface area contributed by atoms with Gasteiger partial charge in [-0.2, -0.15) is 0 Å². The SMILES string of the molecule is CN(C)c1ccc(-c2cnc3cc(Cl)ccc3c2NCCCNC(C)(C)C)cc1.Cc1ccc(-c2ccc(-c3cnc4cc(Cl)ccc4c3NCCCNC(C)(C)C)cc2)cc1.Cc1ccc(-c2cnc3cc(Cl)ccc3c2NCCCNC(C)(C)C)cc1.Cc1ccc(-c2cnc3cc(Cl)ccc3c2NCCCNC(C)(C)C)cc1.Cc1ccc(-c2cnc3cc(Cl)ccc3c2NCCCNC(C)(C)C)cc1. The first-order valence-electron chi connectivity index (χ1n) is 50.1. The van der Waals surface area contributed by atoms with Crippen LogP contribution in [0.1, 0.15) is 158 Å². The summed E-state index contributed by atoms with van der Waals surface area (Å²) in [7, 11) is 4.10. The van der Waals surface area contributed by atoms with Gasteiger partial charge in [0, 0.05) is 191 Å². The lowest BCUT2D eigenvalue weighted by Gasteiger charge is -2.21. The van der Waals surface area contributed by atoms with Gasteiger partial charge in [-0.1, -0.05) is 214 Å². The zero-order chi connectivity index (χ0) is 103. The van der Waals surface area contributed by atoms with Crippen molar-refractivity contribution >= 4 is 147 Å². The molecule has 0 fully saturated rings. The lowest BCUT2D eigenvalue weighted by atomic mass is 9.98. The molecule has 0 bridgehead atoms. The van der Waals surface area contributed by atoms with Gasteiger partial charge in [0.2, 0.25) is 0 Å². The summed E-state index contributed by atoms with van der Waals surface area (Å²) in [4.78, 5) is 25.4. The van der Waals surface area contributed by atoms with Crippen LogP contribution in [-0.2, 0) is 0 Å². The maximum Gasteiger partial charge on any atom is 0.0738 e. The van der Waals surface area contributed by atoms with Crippen molar-refractivity contribution in [1.82, 2.24) is 51.5 Å². The third kappa shape index (κ3) is 34.1. The molecule has 16 nitrogen and oxygen atoms in total. The van der Waals surface area contributed by atoms with Crippen LogP contribution in [0.4, 0.5) is 34.1 Å². The molecule has 0 amide bonds. The van der Waals surface area contributed by atoms with E-state index in [4.69, 9.17) is 63.0 Å². The number of hydrogen-bond donors (Lipinski definition) is 10. The highest BCUT2D eigenvalue weighted by molar-refractivity contribution is 6.33. The van der Waals surface area contributed by atoms with Crippen LogP contribution in [0, 0.1) is 27.7 Å². The van der Waals surface area contributed by atoms with Gasteiger partial charge in [-0.25, -0.2) is 0 Å². The second kappa shape index (κ2) is 51.3. The molecule has 0 aliphatic rings. The maximum atomic E-state index is 6.23. The van der Waals surface area contributed by atoms with E-state index in [0.717, 1.165) is 219 Å². The molecular formula is C122H147Cl5N16. The van der Waals surface area contributed by atoms with Crippen LogP contribution < -0.4 is 58.1 Å². The third-order valence-corrected chi connectivity index (χ3v) is 25.2. The molecule has 750 valence electrons. The van der Waals surface area contributed by atoms with Crippen LogP contribution in [0.15, 0.2) is 268 Å². The standard InChI is InChI=1S/C29H32ClN3.C24H31ClN4.3C23H28ClN3/c1-20-6-8-21(9-7-20)22-10-12-23(13-11-22)26-19-32-27-18-24(30)14-15-25(27)28(26)31-16-5-17-33-29(2,3)4;1-24(2,3)28-14-6-13-26-23-20-12-9-18(25)15-22(20)27-16-21(23)17-7-10-19(11-8-17)29(4)5;3*1-16-6-8-17(9-7-16)20-15-26-21-14-18(24)10-11-19(21)22(20)25-12-5-13-27-23(2,3)4/h6-15,18-19,33H,5,16-17H2,1-4H3,(H,31,32);7-12,15-16,28H,6,13-14H2,1-5H3,(H,26,27);3*6-11,14-15,27H,5,12-13H2,1-4H3,(H,25,26). The number of rotatable bonds is 32. The average Bonchev–Trinajstić information content (AvgIpc) is 0.801. The molecule has 10 N–H and O–H groups in total. The highest BCUT2D eigenvalue weighted by Gasteiger charge is 2.21. The van der Waals surface area contributed by atoms with Crippen molar-refractivity contribution in [3.8, 4) is 66.8 Å². The fourth-order valence-electron chi connectivity index (χ4n) is 16.4. The summed E-state index contributed by atoms with van der Waals surface area (Å²) in [5.41, 5.74) is 30.8. The topological polar surface area (TPSA) is 188 Å². The highest BCUT2D eigenvalue weighted by Crippen LogP contribution is 2.42. The molecule has 11 aromatic carbocycles. The van der Waals surface area contributed by atoms with Gasteiger partial charge >= 0.3 is 0 Å². The van der Waals surface area contributed by atoms with Crippen molar-refractivity contribution in [2.24, 2.45) is 0 Å². The zero-order valence-electron chi connectivity index (χ0n) is 87.6. The number of halogens is 5. The molecule has 16 aromatic rings. The number of benzene rings is 11. The van der Waals surface area contributed by atoms with Gasteiger partial charge in [0.25, 0.3) is 0 Å². The van der Waals surface area contributed by atoms with Gasteiger partial charge in [-0.15, -0.1) is 0 Å². The Bertz CT molecular complexity index is 6450. The molecule has 21 heteroatoms. The number of nitrogens with one attached hydrogen (secondary N) is 10. The van der Waals surface area contributed by atoms with E-state index in [1.807, 2.05) is 91.6 Å². The normalized spacial score (nSPS) is 11.7. The predicted octanol–water partition coefficient (Wildman–Crippen LogP) is 31.7. The molecule has 16 rings (SSSR count). The van der Waals surface area contributed by atoms with Gasteiger partial charge in [0.15, 0.2) is 0 Å². The summed E-state index contributed by atoms with van der Waals surface area (Å²) in [6.07, 6.45) is 14.9. The molecule has 0 saturated carbocycles. The number of fused-ring (bicyclic) bond motifs is 5. The third-order valence-electron chi connectivity index (χ3n) is 24.1. The van der Waals surface area contributed by atoms with Crippen LogP contribution >= 0.6 is 58.0 Å². The number of pyridine rings is 5. The summed E-state index contributed by atoms with van der Waals surface area (Å²) in [6, 6.07) is 81.2. The second-order valence-electron chi connectivity index (χ2n) is 42.3. The van der Waals surface area contributed by atoms with Crippen LogP contribution in [0.5, 0.6) is 0 Å². The number of aryl methyl sites for hydroxylation is 4. The van der Waals surface area contributed by atoms with Crippen molar-refractivity contribution in [3.05, 3.63) is 315 Å². The molecule has 0 spiro atoms. The fraction of sp³-hybridized carbons (Fsp3) is 0.336. The Labute approximate surface area is 875 Å². The monoisotopic (exact) mass is 2010 g/mol. The van der Waals surface area contributed by atoms with Crippen LogP contribution in [-0.4, -0.2) is 132 Å². The smallest absolute Gasteiger partial charge is 0.0738 e. The minimum absolute atomic E-state index is 0.129. The first-order chi connectivity index (χ1) is 68.0. The Balaban J connectivity index is 0.000000160. The van der Waals surface area contributed by atoms with Crippen molar-refractivity contribution in [1.29, 1.82) is 0 Å². The van der Waals surface area contributed by atoms with Crippen molar-refractivity contribution in [2.45, 2.75) is 191 Å². The second-order valence-corrected chi connectivity index (χ2v) is 44.5. The van der Waals surface area contributed by atoms with E-state index >= 15 is 0 Å². The largest absolute Gasteiger partial charge is 0.384 e. The number of hydrogen-bond acceptors (Lipinski definition) is 16. The molecule has 0 atom stereocenters. The van der Waals surface area contributed by atoms with Crippen LogP contribution in [0.3, 0.4) is 0 Å². The highest BCUT2D eigenvalue weighted by atomic mass is 35.5. The minimum Gasteiger partial charge on any atom is -0.384 e. The Morgan fingerprint density at radius 1 is 0.217 bits per heavy atom. The lowest BCUT2D eigenvalue weighted by molar-refractivity contribution is 0.424.